The van der Waals surface area contributed by atoms with Crippen molar-refractivity contribution < 1.29 is 18.6 Å². The highest BCUT2D eigenvalue weighted by Gasteiger charge is 2.21. The minimum atomic E-state index is -4.05. The van der Waals surface area contributed by atoms with Crippen LogP contribution in [0.3, 0.4) is 0 Å². The number of hydrazone groups is 1. The first-order valence-electron chi connectivity index (χ1n) is 6.23. The number of phenolic OH excluding ortho intramolecular Hbond substituents is 2. The number of benzene rings is 2. The minimum Gasteiger partial charge on any atom is -0.504 e. The molecule has 2 aromatic carbocycles. The van der Waals surface area contributed by atoms with Crippen LogP contribution >= 0.6 is 23.2 Å². The average Bonchev–Trinajstić information content (AvgIpc) is 2.41. The number of rotatable bonds is 4. The third-order valence-corrected chi connectivity index (χ3v) is 4.94. The zero-order valence-electron chi connectivity index (χ0n) is 11.8. The largest absolute Gasteiger partial charge is 0.504 e. The number of halogens is 2. The lowest BCUT2D eigenvalue weighted by molar-refractivity contribution is 0.403. The Balaban J connectivity index is 2.25. The highest BCUT2D eigenvalue weighted by Crippen LogP contribution is 2.30. The van der Waals surface area contributed by atoms with Crippen LogP contribution in [-0.4, -0.2) is 24.8 Å². The Labute approximate surface area is 143 Å². The molecular weight excluding hydrogens is 363 g/mol. The normalized spacial score (nSPS) is 11.8. The maximum Gasteiger partial charge on any atom is 0.279 e. The Morgan fingerprint density at radius 3 is 2.26 bits per heavy atom. The van der Waals surface area contributed by atoms with E-state index in [4.69, 9.17) is 23.2 Å². The molecule has 0 unspecified atom stereocenters. The summed E-state index contributed by atoms with van der Waals surface area (Å²) in [7, 11) is -4.05. The highest BCUT2D eigenvalue weighted by molar-refractivity contribution is 7.89. The molecule has 9 heteroatoms. The predicted octanol–water partition coefficient (Wildman–Crippen LogP) is 3.03. The molecule has 0 aliphatic heterocycles. The minimum absolute atomic E-state index is 0.0139. The van der Waals surface area contributed by atoms with Crippen molar-refractivity contribution in [2.45, 2.75) is 11.8 Å². The SMILES string of the molecule is Cc1cc(Cl)c(S(=O)(=O)N/N=C/c2ccc(O)c(O)c2)c(Cl)c1. The highest BCUT2D eigenvalue weighted by atomic mass is 35.5. The third kappa shape index (κ3) is 4.07. The number of aryl methyl sites for hydroxylation is 1. The Kier molecular flexibility index (Phi) is 5.03. The first kappa shape index (κ1) is 17.4. The molecule has 0 aliphatic carbocycles. The van der Waals surface area contributed by atoms with E-state index in [0.29, 0.717) is 5.56 Å². The Hall–Kier alpha value is -1.96. The number of sulfonamides is 1. The summed E-state index contributed by atoms with van der Waals surface area (Å²) in [6.07, 6.45) is 1.16. The zero-order chi connectivity index (χ0) is 17.2. The Morgan fingerprint density at radius 1 is 1.09 bits per heavy atom. The first-order chi connectivity index (χ1) is 10.7. The molecule has 0 spiro atoms. The smallest absolute Gasteiger partial charge is 0.279 e. The number of nitrogens with zero attached hydrogens (tertiary/aromatic N) is 1. The Bertz CT molecular complexity index is 859. The quantitative estimate of drug-likeness (QED) is 0.435. The summed E-state index contributed by atoms with van der Waals surface area (Å²) in [5, 5.41) is 22.1. The van der Waals surface area contributed by atoms with Crippen molar-refractivity contribution >= 4 is 39.4 Å². The van der Waals surface area contributed by atoms with E-state index in [0.717, 1.165) is 11.8 Å². The molecule has 0 saturated carbocycles. The number of hydrogen-bond donors (Lipinski definition) is 3. The molecule has 0 saturated heterocycles. The van der Waals surface area contributed by atoms with Crippen LogP contribution in [0.15, 0.2) is 40.3 Å². The van der Waals surface area contributed by atoms with Gasteiger partial charge in [-0.1, -0.05) is 23.2 Å². The van der Waals surface area contributed by atoms with Gasteiger partial charge < -0.3 is 10.2 Å². The summed E-state index contributed by atoms with van der Waals surface area (Å²) in [6, 6.07) is 6.87. The van der Waals surface area contributed by atoms with Crippen molar-refractivity contribution in [3.05, 3.63) is 51.5 Å². The molecule has 2 aromatic rings. The summed E-state index contributed by atoms with van der Waals surface area (Å²) in [5.41, 5.74) is 1.10. The van der Waals surface area contributed by atoms with Crippen molar-refractivity contribution in [3.8, 4) is 11.5 Å². The fourth-order valence-corrected chi connectivity index (χ4v) is 3.90. The van der Waals surface area contributed by atoms with Crippen LogP contribution in [-0.2, 0) is 10.0 Å². The van der Waals surface area contributed by atoms with Crippen LogP contribution < -0.4 is 4.83 Å². The van der Waals surface area contributed by atoms with Gasteiger partial charge in [0.25, 0.3) is 10.0 Å². The van der Waals surface area contributed by atoms with Crippen molar-refractivity contribution in [1.82, 2.24) is 4.83 Å². The van der Waals surface area contributed by atoms with E-state index in [1.54, 1.807) is 6.92 Å². The molecule has 0 fully saturated rings. The third-order valence-electron chi connectivity index (χ3n) is 2.80. The molecule has 122 valence electrons. The summed E-state index contributed by atoms with van der Waals surface area (Å²) in [4.78, 5) is 1.72. The van der Waals surface area contributed by atoms with Gasteiger partial charge in [-0.3, -0.25) is 0 Å². The summed E-state index contributed by atoms with van der Waals surface area (Å²) >= 11 is 11.9. The van der Waals surface area contributed by atoms with Crippen LogP contribution in [0.1, 0.15) is 11.1 Å². The van der Waals surface area contributed by atoms with Gasteiger partial charge in [0.1, 0.15) is 4.90 Å². The summed E-state index contributed by atoms with van der Waals surface area (Å²) in [6.45, 7) is 1.73. The van der Waals surface area contributed by atoms with E-state index in [9.17, 15) is 18.6 Å². The van der Waals surface area contributed by atoms with Crippen molar-refractivity contribution in [1.29, 1.82) is 0 Å². The Morgan fingerprint density at radius 2 is 1.70 bits per heavy atom. The lowest BCUT2D eigenvalue weighted by Gasteiger charge is -2.08. The topological polar surface area (TPSA) is 99.0 Å². The monoisotopic (exact) mass is 374 g/mol. The molecule has 0 heterocycles. The maximum absolute atomic E-state index is 12.2. The fourth-order valence-electron chi connectivity index (χ4n) is 1.78. The second kappa shape index (κ2) is 6.66. The van der Waals surface area contributed by atoms with Gasteiger partial charge >= 0.3 is 0 Å². The van der Waals surface area contributed by atoms with Gasteiger partial charge in [0.05, 0.1) is 16.3 Å². The van der Waals surface area contributed by atoms with Gasteiger partial charge in [0.2, 0.25) is 0 Å². The van der Waals surface area contributed by atoms with Crippen molar-refractivity contribution in [2.24, 2.45) is 5.10 Å². The average molecular weight is 375 g/mol. The van der Waals surface area contributed by atoms with E-state index in [-0.39, 0.29) is 26.4 Å². The summed E-state index contributed by atoms with van der Waals surface area (Å²) in [5.74, 6) is -0.637. The van der Waals surface area contributed by atoms with Crippen LogP contribution in [0, 0.1) is 6.92 Å². The zero-order valence-corrected chi connectivity index (χ0v) is 14.1. The predicted molar refractivity (Wildman–Crippen MR) is 88.9 cm³/mol. The molecule has 2 rings (SSSR count). The van der Waals surface area contributed by atoms with Crippen LogP contribution in [0.5, 0.6) is 11.5 Å². The molecule has 0 bridgehead atoms. The molecule has 0 radical (unpaired) electrons. The molecule has 23 heavy (non-hydrogen) atoms. The van der Waals surface area contributed by atoms with Gasteiger partial charge in [-0.15, -0.1) is 0 Å². The van der Waals surface area contributed by atoms with Crippen LogP contribution in [0.4, 0.5) is 0 Å². The number of phenols is 2. The van der Waals surface area contributed by atoms with E-state index < -0.39 is 10.0 Å². The standard InChI is InChI=1S/C14H12Cl2N2O4S/c1-8-4-10(15)14(11(16)5-8)23(21,22)18-17-7-9-2-3-12(19)13(20)6-9/h2-7,18-20H,1H3/b17-7+. The first-order valence-corrected chi connectivity index (χ1v) is 8.47. The van der Waals surface area contributed by atoms with Crippen LogP contribution in [0.2, 0.25) is 10.0 Å². The lowest BCUT2D eigenvalue weighted by atomic mass is 10.2. The maximum atomic E-state index is 12.2. The lowest BCUT2D eigenvalue weighted by Crippen LogP contribution is -2.19. The second-order valence-electron chi connectivity index (χ2n) is 4.66. The molecule has 0 atom stereocenters. The van der Waals surface area contributed by atoms with E-state index >= 15 is 0 Å². The molecule has 0 amide bonds. The van der Waals surface area contributed by atoms with Crippen molar-refractivity contribution in [2.75, 3.05) is 0 Å². The van der Waals surface area contributed by atoms with Gasteiger partial charge in [0.15, 0.2) is 11.5 Å². The van der Waals surface area contributed by atoms with Gasteiger partial charge in [-0.05, 0) is 48.4 Å². The molecule has 0 aliphatic rings. The van der Waals surface area contributed by atoms with Gasteiger partial charge in [-0.25, -0.2) is 0 Å². The van der Waals surface area contributed by atoms with E-state index in [2.05, 4.69) is 5.10 Å². The van der Waals surface area contributed by atoms with E-state index in [1.807, 2.05) is 4.83 Å². The molecule has 3 N–H and O–H groups in total. The van der Waals surface area contributed by atoms with E-state index in [1.165, 1.54) is 30.3 Å². The number of aromatic hydroxyl groups is 2. The fraction of sp³-hybridized carbons (Fsp3) is 0.0714. The summed E-state index contributed by atoms with van der Waals surface area (Å²) < 4.78 is 24.4. The molecule has 6 nitrogen and oxygen atoms in total. The molecular formula is C14H12Cl2N2O4S. The van der Waals surface area contributed by atoms with Crippen LogP contribution in [0.25, 0.3) is 0 Å². The molecule has 0 aromatic heterocycles. The number of hydrogen-bond acceptors (Lipinski definition) is 5. The second-order valence-corrected chi connectivity index (χ2v) is 7.07. The van der Waals surface area contributed by atoms with Gasteiger partial charge in [0, 0.05) is 0 Å². The number of nitrogens with one attached hydrogen (secondary N) is 1. The van der Waals surface area contributed by atoms with Crippen molar-refractivity contribution in [3.63, 3.8) is 0 Å². The van der Waals surface area contributed by atoms with Gasteiger partial charge in [-0.2, -0.15) is 18.4 Å².